The molecule has 0 spiro atoms. The highest BCUT2D eigenvalue weighted by atomic mass is 16.5. The molecule has 3 N–H and O–H groups in total. The zero-order valence-corrected chi connectivity index (χ0v) is 10.5. The van der Waals surface area contributed by atoms with Crippen LogP contribution in [-0.4, -0.2) is 31.2 Å². The van der Waals surface area contributed by atoms with Crippen LogP contribution < -0.4 is 11.1 Å². The summed E-state index contributed by atoms with van der Waals surface area (Å²) in [6.07, 6.45) is 0.476. The van der Waals surface area contributed by atoms with Crippen molar-refractivity contribution in [1.29, 1.82) is 0 Å². The van der Waals surface area contributed by atoms with Crippen LogP contribution in [0.3, 0.4) is 0 Å². The maximum absolute atomic E-state index is 11.6. The van der Waals surface area contributed by atoms with Gasteiger partial charge in [0.1, 0.15) is 0 Å². The quantitative estimate of drug-likeness (QED) is 0.693. The molecule has 0 rings (SSSR count). The van der Waals surface area contributed by atoms with Crippen molar-refractivity contribution in [3.63, 3.8) is 0 Å². The first-order valence-corrected chi connectivity index (χ1v) is 5.35. The second-order valence-corrected chi connectivity index (χ2v) is 4.82. The average molecular weight is 216 g/mol. The Labute approximate surface area is 92.6 Å². The van der Waals surface area contributed by atoms with Crippen LogP contribution in [-0.2, 0) is 9.53 Å². The summed E-state index contributed by atoms with van der Waals surface area (Å²) in [4.78, 5) is 11.6. The molecule has 90 valence electrons. The number of hydrogen-bond donors (Lipinski definition) is 2. The predicted octanol–water partition coefficient (Wildman–Crippen LogP) is 0.901. The summed E-state index contributed by atoms with van der Waals surface area (Å²) in [5.74, 6) is 0.265. The molecule has 1 amide bonds. The number of rotatable bonds is 6. The number of nitrogens with two attached hydrogens (primary N) is 1. The highest BCUT2D eigenvalue weighted by molar-refractivity contribution is 5.77. The van der Waals surface area contributed by atoms with E-state index in [0.29, 0.717) is 13.0 Å². The molecular formula is C11H24N2O2. The monoisotopic (exact) mass is 216 g/mol. The zero-order chi connectivity index (χ0) is 12.1. The minimum Gasteiger partial charge on any atom is -0.384 e. The Balaban J connectivity index is 4.03. The molecule has 4 heteroatoms. The van der Waals surface area contributed by atoms with Gasteiger partial charge in [0.15, 0.2) is 0 Å². The molecule has 0 aromatic heterocycles. The highest BCUT2D eigenvalue weighted by Crippen LogP contribution is 2.09. The fraction of sp³-hybridized carbons (Fsp3) is 0.909. The van der Waals surface area contributed by atoms with Crippen molar-refractivity contribution < 1.29 is 9.53 Å². The van der Waals surface area contributed by atoms with Gasteiger partial charge in [0.05, 0.1) is 0 Å². The Morgan fingerprint density at radius 2 is 2.00 bits per heavy atom. The van der Waals surface area contributed by atoms with Crippen LogP contribution in [0.4, 0.5) is 0 Å². The lowest BCUT2D eigenvalue weighted by Crippen LogP contribution is -2.54. The topological polar surface area (TPSA) is 64.3 Å². The van der Waals surface area contributed by atoms with Gasteiger partial charge in [-0.1, -0.05) is 6.92 Å². The number of carbonyl (C=O) groups excluding carboxylic acids is 1. The molecule has 0 heterocycles. The molecule has 0 aromatic rings. The molecule has 0 aliphatic heterocycles. The first-order chi connectivity index (χ1) is 6.79. The van der Waals surface area contributed by atoms with Gasteiger partial charge in [-0.15, -0.1) is 0 Å². The molecule has 4 nitrogen and oxygen atoms in total. The van der Waals surface area contributed by atoms with Gasteiger partial charge in [0.25, 0.3) is 0 Å². The van der Waals surface area contributed by atoms with E-state index in [2.05, 4.69) is 5.32 Å². The minimum atomic E-state index is -0.357. The number of carbonyl (C=O) groups is 1. The third kappa shape index (κ3) is 5.74. The third-order valence-corrected chi connectivity index (χ3v) is 2.58. The van der Waals surface area contributed by atoms with Gasteiger partial charge in [-0.05, 0) is 26.7 Å². The van der Waals surface area contributed by atoms with Crippen LogP contribution in [0.1, 0.15) is 34.1 Å². The fourth-order valence-electron chi connectivity index (χ4n) is 1.18. The Hall–Kier alpha value is -0.610. The maximum atomic E-state index is 11.6. The van der Waals surface area contributed by atoms with Gasteiger partial charge in [-0.25, -0.2) is 0 Å². The highest BCUT2D eigenvalue weighted by Gasteiger charge is 2.25. The molecule has 0 radical (unpaired) electrons. The van der Waals surface area contributed by atoms with E-state index < -0.39 is 0 Å². The standard InChI is InChI=1S/C11H24N2O2/c1-8(7-15-5)6-10(14)13-11(3,4)9(2)12/h8-9H,6-7,12H2,1-5H3,(H,13,14). The Morgan fingerprint density at radius 3 is 2.40 bits per heavy atom. The number of amides is 1. The maximum Gasteiger partial charge on any atom is 0.220 e. The largest absolute Gasteiger partial charge is 0.384 e. The summed E-state index contributed by atoms with van der Waals surface area (Å²) in [7, 11) is 1.64. The van der Waals surface area contributed by atoms with Crippen molar-refractivity contribution >= 4 is 5.91 Å². The summed E-state index contributed by atoms with van der Waals surface area (Å²) in [6, 6.07) is -0.0702. The molecule has 2 atom stereocenters. The zero-order valence-electron chi connectivity index (χ0n) is 10.5. The summed E-state index contributed by atoms with van der Waals surface area (Å²) < 4.78 is 4.98. The van der Waals surface area contributed by atoms with Crippen molar-refractivity contribution in [3.05, 3.63) is 0 Å². The van der Waals surface area contributed by atoms with Crippen LogP contribution in [0.15, 0.2) is 0 Å². The fourth-order valence-corrected chi connectivity index (χ4v) is 1.18. The molecular weight excluding hydrogens is 192 g/mol. The number of ether oxygens (including phenoxy) is 1. The van der Waals surface area contributed by atoms with E-state index in [1.165, 1.54) is 0 Å². The Kier molecular flexibility index (Phi) is 5.83. The smallest absolute Gasteiger partial charge is 0.220 e. The van der Waals surface area contributed by atoms with Crippen molar-refractivity contribution in [1.82, 2.24) is 5.32 Å². The van der Waals surface area contributed by atoms with Crippen molar-refractivity contribution in [2.24, 2.45) is 11.7 Å². The number of nitrogens with one attached hydrogen (secondary N) is 1. The van der Waals surface area contributed by atoms with Crippen LogP contribution in [0.25, 0.3) is 0 Å². The predicted molar refractivity (Wildman–Crippen MR) is 61.5 cm³/mol. The molecule has 2 unspecified atom stereocenters. The molecule has 0 fully saturated rings. The number of hydrogen-bond acceptors (Lipinski definition) is 3. The van der Waals surface area contributed by atoms with Crippen LogP contribution >= 0.6 is 0 Å². The van der Waals surface area contributed by atoms with Crippen molar-refractivity contribution in [2.75, 3.05) is 13.7 Å². The van der Waals surface area contributed by atoms with Crippen molar-refractivity contribution in [3.8, 4) is 0 Å². The molecule has 0 aromatic carbocycles. The molecule has 0 aliphatic rings. The molecule has 0 saturated carbocycles. The first-order valence-electron chi connectivity index (χ1n) is 5.35. The summed E-state index contributed by atoms with van der Waals surface area (Å²) in [5.41, 5.74) is 5.41. The van der Waals surface area contributed by atoms with Crippen LogP contribution in [0.2, 0.25) is 0 Å². The second-order valence-electron chi connectivity index (χ2n) is 4.82. The van der Waals surface area contributed by atoms with E-state index in [-0.39, 0.29) is 23.4 Å². The second kappa shape index (κ2) is 6.08. The van der Waals surface area contributed by atoms with E-state index in [9.17, 15) is 4.79 Å². The van der Waals surface area contributed by atoms with E-state index in [1.807, 2.05) is 27.7 Å². The normalized spacial score (nSPS) is 15.9. The Morgan fingerprint density at radius 1 is 1.47 bits per heavy atom. The Bertz CT molecular complexity index is 203. The molecule has 15 heavy (non-hydrogen) atoms. The molecule has 0 bridgehead atoms. The summed E-state index contributed by atoms with van der Waals surface area (Å²) >= 11 is 0. The van der Waals surface area contributed by atoms with Gasteiger partial charge >= 0.3 is 0 Å². The first kappa shape index (κ1) is 14.4. The number of methoxy groups -OCH3 is 1. The SMILES string of the molecule is COCC(C)CC(=O)NC(C)(C)C(C)N. The summed E-state index contributed by atoms with van der Waals surface area (Å²) in [5, 5.41) is 2.93. The van der Waals surface area contributed by atoms with Gasteiger partial charge in [0, 0.05) is 31.7 Å². The average Bonchev–Trinajstić information content (AvgIpc) is 2.02. The van der Waals surface area contributed by atoms with Gasteiger partial charge in [0.2, 0.25) is 5.91 Å². The van der Waals surface area contributed by atoms with Crippen molar-refractivity contribution in [2.45, 2.75) is 45.7 Å². The lowest BCUT2D eigenvalue weighted by atomic mass is 9.96. The van der Waals surface area contributed by atoms with Gasteiger partial charge in [-0.2, -0.15) is 0 Å². The van der Waals surface area contributed by atoms with E-state index in [4.69, 9.17) is 10.5 Å². The summed E-state index contributed by atoms with van der Waals surface area (Å²) in [6.45, 7) is 8.33. The molecule has 0 saturated heterocycles. The van der Waals surface area contributed by atoms with E-state index in [1.54, 1.807) is 7.11 Å². The lowest BCUT2D eigenvalue weighted by molar-refractivity contribution is -0.124. The minimum absolute atomic E-state index is 0.0295. The van der Waals surface area contributed by atoms with Crippen LogP contribution in [0, 0.1) is 5.92 Å². The van der Waals surface area contributed by atoms with Crippen LogP contribution in [0.5, 0.6) is 0 Å². The van der Waals surface area contributed by atoms with E-state index >= 15 is 0 Å². The lowest BCUT2D eigenvalue weighted by Gasteiger charge is -2.30. The van der Waals surface area contributed by atoms with Gasteiger partial charge in [-0.3, -0.25) is 4.79 Å². The molecule has 0 aliphatic carbocycles. The third-order valence-electron chi connectivity index (χ3n) is 2.58. The van der Waals surface area contributed by atoms with Gasteiger partial charge < -0.3 is 15.8 Å². The van der Waals surface area contributed by atoms with E-state index in [0.717, 1.165) is 0 Å².